The summed E-state index contributed by atoms with van der Waals surface area (Å²) in [7, 11) is 0. The van der Waals surface area contributed by atoms with E-state index in [1.807, 2.05) is 0 Å². The molecular formula is C12H16O6. The van der Waals surface area contributed by atoms with Gasteiger partial charge < -0.3 is 20.8 Å². The summed E-state index contributed by atoms with van der Waals surface area (Å²) in [5, 5.41) is 27.2. The Labute approximate surface area is 104 Å². The van der Waals surface area contributed by atoms with Crippen LogP contribution in [0, 0.1) is 0 Å². The van der Waals surface area contributed by atoms with Crippen LogP contribution in [-0.2, 0) is 0 Å². The minimum atomic E-state index is -1.29. The van der Waals surface area contributed by atoms with Crippen molar-refractivity contribution in [1.82, 2.24) is 0 Å². The van der Waals surface area contributed by atoms with Crippen LogP contribution in [0.4, 0.5) is 0 Å². The molecule has 100 valence electrons. The highest BCUT2D eigenvalue weighted by atomic mass is 16.4. The predicted molar refractivity (Wildman–Crippen MR) is 64.1 cm³/mol. The molecule has 0 saturated heterocycles. The standard InChI is InChI=1S/C12H14O5.H2O/c1-2-7(6-13)8-4-3-5-9(11(14)15)10(8)12(16)17;/h3-5,7,13H,2,6H2,1H3,(H,14,15)(H,16,17);1H2. The molecule has 0 aliphatic carbocycles. The number of carboxylic acid groups (broad SMARTS) is 2. The first-order valence-electron chi connectivity index (χ1n) is 5.23. The van der Waals surface area contributed by atoms with E-state index in [2.05, 4.69) is 0 Å². The van der Waals surface area contributed by atoms with Crippen molar-refractivity contribution < 1.29 is 30.4 Å². The minimum Gasteiger partial charge on any atom is -0.478 e. The fraction of sp³-hybridized carbons (Fsp3) is 0.333. The molecule has 0 saturated carbocycles. The lowest BCUT2D eigenvalue weighted by molar-refractivity contribution is 0.0649. The minimum absolute atomic E-state index is 0. The number of carboxylic acids is 2. The molecule has 1 aromatic carbocycles. The molecule has 0 heterocycles. The van der Waals surface area contributed by atoms with Crippen LogP contribution in [0.2, 0.25) is 0 Å². The normalized spacial score (nSPS) is 11.4. The number of aliphatic hydroxyl groups excluding tert-OH is 1. The molecule has 1 aromatic rings. The molecule has 6 heteroatoms. The molecule has 0 aliphatic heterocycles. The Balaban J connectivity index is 0.00000289. The number of rotatable bonds is 5. The zero-order chi connectivity index (χ0) is 13.0. The van der Waals surface area contributed by atoms with Crippen molar-refractivity contribution in [3.8, 4) is 0 Å². The van der Waals surface area contributed by atoms with Crippen LogP contribution >= 0.6 is 0 Å². The summed E-state index contributed by atoms with van der Waals surface area (Å²) in [4.78, 5) is 22.1. The topological polar surface area (TPSA) is 126 Å². The first-order chi connectivity index (χ1) is 8.02. The molecule has 18 heavy (non-hydrogen) atoms. The Bertz CT molecular complexity index is 436. The van der Waals surface area contributed by atoms with Gasteiger partial charge in [0.05, 0.1) is 11.1 Å². The number of aromatic carboxylic acids is 2. The van der Waals surface area contributed by atoms with E-state index in [9.17, 15) is 14.7 Å². The van der Waals surface area contributed by atoms with E-state index in [4.69, 9.17) is 10.2 Å². The Hall–Kier alpha value is -1.92. The number of hydrogen-bond acceptors (Lipinski definition) is 3. The Morgan fingerprint density at radius 2 is 1.83 bits per heavy atom. The van der Waals surface area contributed by atoms with Gasteiger partial charge in [-0.2, -0.15) is 0 Å². The Kier molecular flexibility index (Phi) is 6.01. The summed E-state index contributed by atoms with van der Waals surface area (Å²) in [5.74, 6) is -2.93. The number of benzene rings is 1. The summed E-state index contributed by atoms with van der Waals surface area (Å²) in [6, 6.07) is 4.28. The highest BCUT2D eigenvalue weighted by Gasteiger charge is 2.23. The molecular weight excluding hydrogens is 240 g/mol. The second kappa shape index (κ2) is 6.73. The maximum Gasteiger partial charge on any atom is 0.336 e. The van der Waals surface area contributed by atoms with Gasteiger partial charge in [0, 0.05) is 12.5 Å². The number of carbonyl (C=O) groups is 2. The van der Waals surface area contributed by atoms with Gasteiger partial charge in [-0.1, -0.05) is 19.1 Å². The molecule has 0 bridgehead atoms. The second-order valence-corrected chi connectivity index (χ2v) is 3.67. The monoisotopic (exact) mass is 256 g/mol. The van der Waals surface area contributed by atoms with Crippen molar-refractivity contribution in [2.45, 2.75) is 19.3 Å². The maximum absolute atomic E-state index is 11.1. The highest BCUT2D eigenvalue weighted by Crippen LogP contribution is 2.25. The van der Waals surface area contributed by atoms with Crippen molar-refractivity contribution in [1.29, 1.82) is 0 Å². The van der Waals surface area contributed by atoms with Crippen LogP contribution in [0.3, 0.4) is 0 Å². The van der Waals surface area contributed by atoms with E-state index in [-0.39, 0.29) is 29.1 Å². The van der Waals surface area contributed by atoms with Crippen LogP contribution in [-0.4, -0.2) is 39.3 Å². The van der Waals surface area contributed by atoms with Gasteiger partial charge in [-0.05, 0) is 18.1 Å². The van der Waals surface area contributed by atoms with Gasteiger partial charge >= 0.3 is 11.9 Å². The molecule has 0 amide bonds. The molecule has 1 atom stereocenters. The Morgan fingerprint density at radius 1 is 1.22 bits per heavy atom. The quantitative estimate of drug-likeness (QED) is 0.716. The van der Waals surface area contributed by atoms with Gasteiger partial charge in [-0.25, -0.2) is 9.59 Å². The molecule has 5 N–H and O–H groups in total. The average Bonchev–Trinajstić information content (AvgIpc) is 2.30. The molecule has 6 nitrogen and oxygen atoms in total. The predicted octanol–water partition coefficient (Wildman–Crippen LogP) is 0.744. The highest BCUT2D eigenvalue weighted by molar-refractivity contribution is 6.02. The zero-order valence-electron chi connectivity index (χ0n) is 9.88. The molecule has 1 unspecified atom stereocenters. The fourth-order valence-corrected chi connectivity index (χ4v) is 1.77. The third kappa shape index (κ3) is 3.06. The molecule has 1 rings (SSSR count). The Morgan fingerprint density at radius 3 is 2.22 bits per heavy atom. The van der Waals surface area contributed by atoms with E-state index in [1.54, 1.807) is 13.0 Å². The lowest BCUT2D eigenvalue weighted by Crippen LogP contribution is -2.15. The van der Waals surface area contributed by atoms with E-state index in [0.717, 1.165) is 0 Å². The van der Waals surface area contributed by atoms with Crippen LogP contribution in [0.1, 0.15) is 45.5 Å². The van der Waals surface area contributed by atoms with Crippen LogP contribution in [0.15, 0.2) is 18.2 Å². The third-order valence-electron chi connectivity index (χ3n) is 2.69. The summed E-state index contributed by atoms with van der Waals surface area (Å²) in [6.07, 6.45) is 0.542. The smallest absolute Gasteiger partial charge is 0.336 e. The van der Waals surface area contributed by atoms with Crippen LogP contribution in [0.25, 0.3) is 0 Å². The van der Waals surface area contributed by atoms with E-state index in [0.29, 0.717) is 12.0 Å². The van der Waals surface area contributed by atoms with Crippen molar-refractivity contribution in [3.63, 3.8) is 0 Å². The van der Waals surface area contributed by atoms with Gasteiger partial charge in [-0.3, -0.25) is 0 Å². The second-order valence-electron chi connectivity index (χ2n) is 3.67. The largest absolute Gasteiger partial charge is 0.478 e. The van der Waals surface area contributed by atoms with E-state index in [1.165, 1.54) is 12.1 Å². The molecule has 0 fully saturated rings. The van der Waals surface area contributed by atoms with Crippen molar-refractivity contribution in [3.05, 3.63) is 34.9 Å². The number of hydrogen-bond donors (Lipinski definition) is 3. The van der Waals surface area contributed by atoms with E-state index >= 15 is 0 Å². The first kappa shape index (κ1) is 16.1. The maximum atomic E-state index is 11.1. The zero-order valence-corrected chi connectivity index (χ0v) is 9.88. The summed E-state index contributed by atoms with van der Waals surface area (Å²) < 4.78 is 0. The van der Waals surface area contributed by atoms with Gasteiger partial charge in [0.2, 0.25) is 0 Å². The van der Waals surface area contributed by atoms with Gasteiger partial charge in [-0.15, -0.1) is 0 Å². The third-order valence-corrected chi connectivity index (χ3v) is 2.69. The van der Waals surface area contributed by atoms with Gasteiger partial charge in [0.25, 0.3) is 0 Å². The van der Waals surface area contributed by atoms with Crippen LogP contribution in [0.5, 0.6) is 0 Å². The molecule has 0 spiro atoms. The van der Waals surface area contributed by atoms with Crippen LogP contribution < -0.4 is 0 Å². The van der Waals surface area contributed by atoms with Crippen molar-refractivity contribution >= 4 is 11.9 Å². The van der Waals surface area contributed by atoms with E-state index < -0.39 is 11.9 Å². The molecule has 0 aliphatic rings. The summed E-state index contributed by atoms with van der Waals surface area (Å²) in [5.41, 5.74) is -0.120. The SMILES string of the molecule is CCC(CO)c1cccc(C(=O)O)c1C(=O)O.O. The van der Waals surface area contributed by atoms with Gasteiger partial charge in [0.1, 0.15) is 0 Å². The number of aliphatic hydroxyl groups is 1. The van der Waals surface area contributed by atoms with Gasteiger partial charge in [0.15, 0.2) is 0 Å². The summed E-state index contributed by atoms with van der Waals surface area (Å²) in [6.45, 7) is 1.60. The van der Waals surface area contributed by atoms with Crippen molar-refractivity contribution in [2.75, 3.05) is 6.61 Å². The lowest BCUT2D eigenvalue weighted by atomic mass is 9.90. The summed E-state index contributed by atoms with van der Waals surface area (Å²) >= 11 is 0. The lowest BCUT2D eigenvalue weighted by Gasteiger charge is -2.16. The molecule has 0 radical (unpaired) electrons. The average molecular weight is 256 g/mol. The molecule has 0 aromatic heterocycles. The fourth-order valence-electron chi connectivity index (χ4n) is 1.77. The van der Waals surface area contributed by atoms with Crippen molar-refractivity contribution in [2.24, 2.45) is 0 Å². The first-order valence-corrected chi connectivity index (χ1v) is 5.23.